The van der Waals surface area contributed by atoms with Gasteiger partial charge in [-0.05, 0) is 32.3 Å². The first kappa shape index (κ1) is 28.4. The number of esters is 3. The summed E-state index contributed by atoms with van der Waals surface area (Å²) in [7, 11) is 3.84. The van der Waals surface area contributed by atoms with Gasteiger partial charge in [-0.2, -0.15) is 0 Å². The van der Waals surface area contributed by atoms with E-state index < -0.39 is 42.6 Å². The topological polar surface area (TPSA) is 167 Å². The van der Waals surface area contributed by atoms with Gasteiger partial charge in [0, 0.05) is 17.5 Å². The first-order chi connectivity index (χ1) is 17.5. The zero-order valence-corrected chi connectivity index (χ0v) is 21.3. The lowest BCUT2D eigenvalue weighted by molar-refractivity contribution is -0.272. The number of methoxy groups -OCH3 is 3. The summed E-state index contributed by atoms with van der Waals surface area (Å²) in [6, 6.07) is 0. The molecule has 0 radical (unpaired) electrons. The first-order valence-electron chi connectivity index (χ1n) is 11.6. The number of ether oxygens (including phenoxy) is 6. The summed E-state index contributed by atoms with van der Waals surface area (Å²) in [5.41, 5.74) is 2.54. The van der Waals surface area contributed by atoms with Crippen molar-refractivity contribution in [3.8, 4) is 11.5 Å². The van der Waals surface area contributed by atoms with Crippen molar-refractivity contribution in [3.05, 3.63) is 33.9 Å². The van der Waals surface area contributed by atoms with E-state index in [4.69, 9.17) is 18.9 Å². The molecule has 3 unspecified atom stereocenters. The summed E-state index contributed by atoms with van der Waals surface area (Å²) in [6.07, 6.45) is -6.01. The Hall–Kier alpha value is -3.19. The first-order valence-corrected chi connectivity index (χ1v) is 11.6. The monoisotopic (exact) mass is 524 g/mol. The van der Waals surface area contributed by atoms with Gasteiger partial charge in [-0.3, -0.25) is 4.79 Å². The summed E-state index contributed by atoms with van der Waals surface area (Å²) in [5.74, 6) is -1.62. The number of cyclic esters (lactones) is 1. The standard InChI is InChI=1S/C25H32O12/c1-11(7-9-15(26)32-3)6-8-13-20(33-4)12(2)14-10-35-23(30)16(14)21(13)36-25-19(29)17(27)18(28)22(37-25)24(31)34-5/h6,17-19,22,25,27-29H,7-10H2,1-5H3/b11-6+/t17?,18-,19?,22?,25-/m1/s1. The van der Waals surface area contributed by atoms with Crippen LogP contribution in [0.4, 0.5) is 0 Å². The Labute approximate surface area is 213 Å². The van der Waals surface area contributed by atoms with Crippen LogP contribution in [-0.4, -0.2) is 85.3 Å². The summed E-state index contributed by atoms with van der Waals surface area (Å²) >= 11 is 0. The van der Waals surface area contributed by atoms with Gasteiger partial charge in [0.25, 0.3) is 0 Å². The van der Waals surface area contributed by atoms with Gasteiger partial charge in [-0.15, -0.1) is 0 Å². The van der Waals surface area contributed by atoms with Crippen LogP contribution in [0, 0.1) is 6.92 Å². The quantitative estimate of drug-likeness (QED) is 0.232. The second-order valence-corrected chi connectivity index (χ2v) is 8.76. The van der Waals surface area contributed by atoms with Gasteiger partial charge in [0.05, 0.1) is 21.3 Å². The summed E-state index contributed by atoms with van der Waals surface area (Å²) < 4.78 is 31.6. The minimum atomic E-state index is -1.81. The zero-order valence-electron chi connectivity index (χ0n) is 21.3. The SMILES string of the molecule is COC(=O)CC/C(C)=C/Cc1c(OC)c(C)c2c(c1O[C@@H]1OC(C(=O)OC)[C@H](O)C(O)C1O)C(=O)OC2. The van der Waals surface area contributed by atoms with Crippen LogP contribution >= 0.6 is 0 Å². The van der Waals surface area contributed by atoms with Gasteiger partial charge in [-0.1, -0.05) is 11.6 Å². The molecular formula is C25H32O12. The second kappa shape index (κ2) is 11.9. The third-order valence-corrected chi connectivity index (χ3v) is 6.47. The molecule has 0 aliphatic carbocycles. The van der Waals surface area contributed by atoms with Crippen molar-refractivity contribution in [2.75, 3.05) is 21.3 Å². The van der Waals surface area contributed by atoms with E-state index in [1.165, 1.54) is 14.2 Å². The van der Waals surface area contributed by atoms with E-state index in [-0.39, 0.29) is 36.7 Å². The van der Waals surface area contributed by atoms with E-state index in [0.717, 1.165) is 12.7 Å². The summed E-state index contributed by atoms with van der Waals surface area (Å²) in [6.45, 7) is 3.57. The van der Waals surface area contributed by atoms with Gasteiger partial charge in [0.1, 0.15) is 42.0 Å². The predicted molar refractivity (Wildman–Crippen MR) is 125 cm³/mol. The van der Waals surface area contributed by atoms with Crippen LogP contribution in [0.15, 0.2) is 11.6 Å². The lowest BCUT2D eigenvalue weighted by Gasteiger charge is -2.39. The zero-order chi connectivity index (χ0) is 27.4. The van der Waals surface area contributed by atoms with Crippen LogP contribution in [0.2, 0.25) is 0 Å². The summed E-state index contributed by atoms with van der Waals surface area (Å²) in [4.78, 5) is 36.3. The van der Waals surface area contributed by atoms with Crippen LogP contribution in [0.25, 0.3) is 0 Å². The fourth-order valence-corrected chi connectivity index (χ4v) is 4.29. The number of hydrogen-bond acceptors (Lipinski definition) is 12. The van der Waals surface area contributed by atoms with Crippen molar-refractivity contribution in [3.63, 3.8) is 0 Å². The Kier molecular flexibility index (Phi) is 9.13. The molecule has 1 aromatic rings. The molecule has 5 atom stereocenters. The van der Waals surface area contributed by atoms with Crippen molar-refractivity contribution in [1.82, 2.24) is 0 Å². The Balaban J connectivity index is 2.05. The predicted octanol–water partition coefficient (Wildman–Crippen LogP) is 0.475. The third kappa shape index (κ3) is 5.72. The molecule has 0 aromatic heterocycles. The van der Waals surface area contributed by atoms with Crippen LogP contribution < -0.4 is 9.47 Å². The number of fused-ring (bicyclic) bond motifs is 1. The van der Waals surface area contributed by atoms with E-state index in [0.29, 0.717) is 28.9 Å². The number of allylic oxidation sites excluding steroid dienone is 2. The molecule has 3 N–H and O–H groups in total. The Morgan fingerprint density at radius 3 is 2.35 bits per heavy atom. The number of carbonyl (C=O) groups excluding carboxylic acids is 3. The van der Waals surface area contributed by atoms with Crippen LogP contribution in [0.1, 0.15) is 46.8 Å². The molecule has 204 valence electrons. The molecule has 2 heterocycles. The molecule has 0 spiro atoms. The van der Waals surface area contributed by atoms with E-state index in [9.17, 15) is 29.7 Å². The highest BCUT2D eigenvalue weighted by molar-refractivity contribution is 5.98. The Morgan fingerprint density at radius 2 is 1.73 bits per heavy atom. The summed E-state index contributed by atoms with van der Waals surface area (Å²) in [5, 5.41) is 31.1. The average Bonchev–Trinajstić information content (AvgIpc) is 3.28. The Bertz CT molecular complexity index is 1080. The maximum atomic E-state index is 12.7. The van der Waals surface area contributed by atoms with Gasteiger partial charge in [0.15, 0.2) is 6.10 Å². The molecule has 0 amide bonds. The van der Waals surface area contributed by atoms with Crippen molar-refractivity contribution < 1.29 is 58.1 Å². The van der Waals surface area contributed by atoms with Gasteiger partial charge in [0.2, 0.25) is 6.29 Å². The smallest absolute Gasteiger partial charge is 0.342 e. The van der Waals surface area contributed by atoms with Crippen LogP contribution in [0.5, 0.6) is 11.5 Å². The fourth-order valence-electron chi connectivity index (χ4n) is 4.29. The minimum Gasteiger partial charge on any atom is -0.496 e. The Morgan fingerprint density at radius 1 is 1.03 bits per heavy atom. The van der Waals surface area contributed by atoms with Crippen molar-refractivity contribution in [2.45, 2.75) is 70.4 Å². The number of aliphatic hydroxyl groups excluding tert-OH is 3. The molecule has 0 saturated carbocycles. The fraction of sp³-hybridized carbons (Fsp3) is 0.560. The lowest BCUT2D eigenvalue weighted by Crippen LogP contribution is -2.61. The number of carbonyl (C=O) groups is 3. The van der Waals surface area contributed by atoms with Gasteiger partial charge in [-0.25, -0.2) is 9.59 Å². The van der Waals surface area contributed by atoms with E-state index in [1.807, 2.05) is 13.0 Å². The molecule has 12 nitrogen and oxygen atoms in total. The number of aliphatic hydroxyl groups is 3. The van der Waals surface area contributed by atoms with E-state index in [1.54, 1.807) is 6.92 Å². The lowest BCUT2D eigenvalue weighted by atomic mass is 9.94. The molecule has 2 aliphatic rings. The number of benzene rings is 1. The molecule has 37 heavy (non-hydrogen) atoms. The minimum absolute atomic E-state index is 0.0202. The molecule has 1 aromatic carbocycles. The maximum Gasteiger partial charge on any atom is 0.342 e. The molecule has 1 saturated heterocycles. The largest absolute Gasteiger partial charge is 0.496 e. The molecule has 12 heteroatoms. The number of rotatable bonds is 9. The van der Waals surface area contributed by atoms with Crippen LogP contribution in [0.3, 0.4) is 0 Å². The number of hydrogen-bond donors (Lipinski definition) is 3. The van der Waals surface area contributed by atoms with E-state index in [2.05, 4.69) is 9.47 Å². The van der Waals surface area contributed by atoms with Gasteiger partial charge < -0.3 is 43.7 Å². The van der Waals surface area contributed by atoms with Crippen molar-refractivity contribution in [2.24, 2.45) is 0 Å². The van der Waals surface area contributed by atoms with Crippen LogP contribution in [-0.2, 0) is 41.6 Å². The highest BCUT2D eigenvalue weighted by atomic mass is 16.7. The van der Waals surface area contributed by atoms with Crippen molar-refractivity contribution >= 4 is 17.9 Å². The average molecular weight is 525 g/mol. The highest BCUT2D eigenvalue weighted by Gasteiger charge is 2.49. The molecule has 3 rings (SSSR count). The molecule has 0 bridgehead atoms. The molecular weight excluding hydrogens is 492 g/mol. The second-order valence-electron chi connectivity index (χ2n) is 8.76. The van der Waals surface area contributed by atoms with Crippen molar-refractivity contribution in [1.29, 1.82) is 0 Å². The molecule has 1 fully saturated rings. The molecule has 2 aliphatic heterocycles. The van der Waals surface area contributed by atoms with Gasteiger partial charge >= 0.3 is 17.9 Å². The third-order valence-electron chi connectivity index (χ3n) is 6.47. The maximum absolute atomic E-state index is 12.7. The van der Waals surface area contributed by atoms with E-state index >= 15 is 0 Å². The highest BCUT2D eigenvalue weighted by Crippen LogP contribution is 2.44. The normalized spacial score (nSPS) is 25.2.